The first kappa shape index (κ1) is 40.2. The lowest BCUT2D eigenvalue weighted by Gasteiger charge is -2.24. The lowest BCUT2D eigenvalue weighted by atomic mass is 9.87. The van der Waals surface area contributed by atoms with E-state index in [1.807, 2.05) is 69.9 Å². The second kappa shape index (κ2) is 17.1. The fourth-order valence-corrected chi connectivity index (χ4v) is 5.61. The molecule has 3 aromatic carbocycles. The van der Waals surface area contributed by atoms with E-state index in [9.17, 15) is 22.8 Å². The number of anilines is 3. The Bertz CT molecular complexity index is 1870. The van der Waals surface area contributed by atoms with E-state index >= 15 is 0 Å². The number of halogens is 1. The summed E-state index contributed by atoms with van der Waals surface area (Å²) in [6.07, 6.45) is 0.765. The summed E-state index contributed by atoms with van der Waals surface area (Å²) in [5.41, 5.74) is 3.29. The van der Waals surface area contributed by atoms with Crippen LogP contribution in [0.3, 0.4) is 0 Å². The Kier molecular flexibility index (Phi) is 13.7. The number of carbonyl (C=O) groups is 3. The van der Waals surface area contributed by atoms with Crippen molar-refractivity contribution in [3.05, 3.63) is 76.3 Å². The Labute approximate surface area is 300 Å². The first-order valence-corrected chi connectivity index (χ1v) is 18.7. The van der Waals surface area contributed by atoms with Crippen LogP contribution >= 0.6 is 11.6 Å². The van der Waals surface area contributed by atoms with Gasteiger partial charge in [0.1, 0.15) is 5.75 Å². The van der Waals surface area contributed by atoms with Gasteiger partial charge in [-0.2, -0.15) is 0 Å². The summed E-state index contributed by atoms with van der Waals surface area (Å²) in [7, 11) is -3.31. The minimum atomic E-state index is -3.31. The van der Waals surface area contributed by atoms with Crippen LogP contribution in [0.2, 0.25) is 5.02 Å². The molecule has 2 amide bonds. The van der Waals surface area contributed by atoms with Gasteiger partial charge in [-0.15, -0.1) is 0 Å². The van der Waals surface area contributed by atoms with Gasteiger partial charge in [-0.25, -0.2) is 18.1 Å². The Morgan fingerprint density at radius 1 is 0.940 bits per heavy atom. The molecule has 1 unspecified atom stereocenters. The molecule has 0 aliphatic carbocycles. The number of Topliss-reactive ketones (excluding diaryl/α,β-unsaturated/α-hetero) is 1. The number of ketones is 1. The van der Waals surface area contributed by atoms with E-state index in [1.54, 1.807) is 32.9 Å². The summed E-state index contributed by atoms with van der Waals surface area (Å²) in [4.78, 5) is 47.1. The number of likely N-dealkylation sites (N-methyl/N-ethyl adjacent to an activating group) is 1. The number of ether oxygens (including phenoxy) is 1. The number of hydrogen-bond acceptors (Lipinski definition) is 8. The number of nitrogens with one attached hydrogen (secondary N) is 3. The van der Waals surface area contributed by atoms with Crippen molar-refractivity contribution in [1.29, 1.82) is 0 Å². The van der Waals surface area contributed by atoms with Crippen molar-refractivity contribution in [3.63, 3.8) is 0 Å². The van der Waals surface area contributed by atoms with Crippen LogP contribution in [0, 0.1) is 26.2 Å². The molecule has 0 bridgehead atoms. The molecule has 50 heavy (non-hydrogen) atoms. The average molecular weight is 726 g/mol. The summed E-state index contributed by atoms with van der Waals surface area (Å²) in [5, 5.41) is 5.75. The molecule has 3 rings (SSSR count). The van der Waals surface area contributed by atoms with E-state index in [1.165, 1.54) is 12.1 Å². The van der Waals surface area contributed by atoms with E-state index in [4.69, 9.17) is 16.3 Å². The smallest absolute Gasteiger partial charge is 0.278 e. The van der Waals surface area contributed by atoms with Crippen molar-refractivity contribution in [3.8, 4) is 5.75 Å². The predicted molar refractivity (Wildman–Crippen MR) is 203 cm³/mol. The molecule has 3 aromatic rings. The number of carbonyl (C=O) groups excluding carboxylic acids is 3. The van der Waals surface area contributed by atoms with E-state index in [0.29, 0.717) is 42.2 Å². The number of nitrogens with zero attached hydrogens (tertiary/aromatic N) is 2. The third kappa shape index (κ3) is 11.4. The van der Waals surface area contributed by atoms with Gasteiger partial charge in [-0.05, 0) is 87.7 Å². The summed E-state index contributed by atoms with van der Waals surface area (Å²) in [5.74, 6) is -0.989. The molecule has 11 nitrogen and oxygen atoms in total. The molecule has 1 atom stereocenters. The highest BCUT2D eigenvalue weighted by molar-refractivity contribution is 7.88. The molecule has 3 N–H and O–H groups in total. The van der Waals surface area contributed by atoms with E-state index in [-0.39, 0.29) is 28.9 Å². The molecule has 0 radical (unpaired) electrons. The van der Waals surface area contributed by atoms with Crippen LogP contribution in [-0.2, 0) is 24.4 Å². The third-order valence-corrected chi connectivity index (χ3v) is 8.82. The monoisotopic (exact) mass is 725 g/mol. The van der Waals surface area contributed by atoms with E-state index < -0.39 is 33.2 Å². The molecular formula is C37H48ClN5O6S. The SMILES string of the molecule is CCC(Oc1ccc(C)cc1C)C(=O)Nc1ccc(Cl)c(NC(=O)C(=Nc2ccc(N(CC)CCNS(C)(=O)=O)cc2C)C(=O)C(C)(C)C)c1. The molecule has 0 fully saturated rings. The van der Waals surface area contributed by atoms with Crippen molar-refractivity contribution < 1.29 is 27.5 Å². The van der Waals surface area contributed by atoms with Crippen molar-refractivity contribution in [2.45, 2.75) is 67.9 Å². The Morgan fingerprint density at radius 3 is 2.22 bits per heavy atom. The second-order valence-electron chi connectivity index (χ2n) is 13.2. The number of aryl methyl sites for hydroxylation is 3. The standard InChI is InChI=1S/C37H48ClN5O6S/c1-10-31(49-32-17-12-23(3)20-25(32)5)35(45)40-26-13-15-28(38)30(22-26)42-36(46)33(34(44)37(6,7)8)41-29-16-14-27(21-24(29)4)43(11-2)19-18-39-50(9,47)48/h12-17,20-22,31,39H,10-11,18-19H2,1-9H3,(H,40,45)(H,42,46). The summed E-state index contributed by atoms with van der Waals surface area (Å²) in [6.45, 7) is 15.9. The van der Waals surface area contributed by atoms with Crippen LogP contribution in [0.4, 0.5) is 22.7 Å². The molecule has 0 aromatic heterocycles. The maximum atomic E-state index is 13.7. The average Bonchev–Trinajstić information content (AvgIpc) is 3.02. The minimum absolute atomic E-state index is 0.181. The number of sulfonamides is 1. The Balaban J connectivity index is 1.86. The highest BCUT2D eigenvalue weighted by Crippen LogP contribution is 2.29. The highest BCUT2D eigenvalue weighted by atomic mass is 35.5. The van der Waals surface area contributed by atoms with E-state index in [2.05, 4.69) is 20.3 Å². The number of aliphatic imine (C=N–C) groups is 1. The molecular weight excluding hydrogens is 678 g/mol. The summed E-state index contributed by atoms with van der Waals surface area (Å²) >= 11 is 6.47. The van der Waals surface area contributed by atoms with Crippen LogP contribution in [0.5, 0.6) is 5.75 Å². The Morgan fingerprint density at radius 2 is 1.64 bits per heavy atom. The number of benzene rings is 3. The summed E-state index contributed by atoms with van der Waals surface area (Å²) < 4.78 is 31.5. The van der Waals surface area contributed by atoms with Crippen molar-refractivity contribution >= 4 is 67.7 Å². The van der Waals surface area contributed by atoms with E-state index in [0.717, 1.165) is 23.1 Å². The van der Waals surface area contributed by atoms with Crippen LogP contribution in [0.1, 0.15) is 57.7 Å². The zero-order chi connectivity index (χ0) is 37.4. The minimum Gasteiger partial charge on any atom is -0.480 e. The highest BCUT2D eigenvalue weighted by Gasteiger charge is 2.32. The molecule has 0 aliphatic heterocycles. The molecule has 0 saturated heterocycles. The molecule has 0 heterocycles. The molecule has 270 valence electrons. The lowest BCUT2D eigenvalue weighted by Crippen LogP contribution is -2.37. The third-order valence-electron chi connectivity index (χ3n) is 7.76. The first-order chi connectivity index (χ1) is 23.3. The predicted octanol–water partition coefficient (Wildman–Crippen LogP) is 6.76. The number of hydrogen-bond donors (Lipinski definition) is 3. The van der Waals surface area contributed by atoms with Gasteiger partial charge >= 0.3 is 0 Å². The first-order valence-electron chi connectivity index (χ1n) is 16.4. The van der Waals surface area contributed by atoms with Crippen molar-refractivity contribution in [2.75, 3.05) is 41.4 Å². The fourth-order valence-electron chi connectivity index (χ4n) is 4.99. The number of rotatable bonds is 15. The summed E-state index contributed by atoms with van der Waals surface area (Å²) in [6, 6.07) is 15.8. The largest absolute Gasteiger partial charge is 0.480 e. The maximum absolute atomic E-state index is 13.7. The van der Waals surface area contributed by atoms with Gasteiger partial charge in [0.2, 0.25) is 10.0 Å². The molecule has 0 saturated carbocycles. The van der Waals surface area contributed by atoms with Gasteiger partial charge in [-0.1, -0.05) is 57.0 Å². The van der Waals surface area contributed by atoms with Crippen LogP contribution in [0.15, 0.2) is 59.6 Å². The molecule has 0 spiro atoms. The van der Waals surface area contributed by atoms with Gasteiger partial charge in [-0.3, -0.25) is 14.4 Å². The molecule has 0 aliphatic rings. The quantitative estimate of drug-likeness (QED) is 0.116. The van der Waals surface area contributed by atoms with Gasteiger partial charge < -0.3 is 20.3 Å². The van der Waals surface area contributed by atoms with Crippen LogP contribution < -0.4 is 25.0 Å². The Hall–Kier alpha value is -4.26. The van der Waals surface area contributed by atoms with Gasteiger partial charge in [0.25, 0.3) is 11.8 Å². The number of amides is 2. The van der Waals surface area contributed by atoms with Crippen molar-refractivity contribution in [1.82, 2.24) is 4.72 Å². The lowest BCUT2D eigenvalue weighted by molar-refractivity contribution is -0.123. The maximum Gasteiger partial charge on any atom is 0.278 e. The fraction of sp³-hybridized carbons (Fsp3) is 0.405. The normalized spacial score (nSPS) is 12.6. The topological polar surface area (TPSA) is 146 Å². The zero-order valence-electron chi connectivity index (χ0n) is 30.2. The van der Waals surface area contributed by atoms with Crippen LogP contribution in [-0.4, -0.2) is 63.7 Å². The van der Waals surface area contributed by atoms with Crippen LogP contribution in [0.25, 0.3) is 0 Å². The van der Waals surface area contributed by atoms with Gasteiger partial charge in [0.15, 0.2) is 17.6 Å². The zero-order valence-corrected chi connectivity index (χ0v) is 31.8. The molecule has 13 heteroatoms. The van der Waals surface area contributed by atoms with Gasteiger partial charge in [0.05, 0.1) is 22.7 Å². The second-order valence-corrected chi connectivity index (χ2v) is 15.4. The van der Waals surface area contributed by atoms with Crippen molar-refractivity contribution in [2.24, 2.45) is 10.4 Å². The van der Waals surface area contributed by atoms with Gasteiger partial charge in [0, 0.05) is 36.4 Å².